The molecule has 4 nitrogen and oxygen atoms in total. The molecule has 2 aromatic carbocycles. The van der Waals surface area contributed by atoms with Gasteiger partial charge in [0.05, 0.1) is 4.90 Å². The molecule has 1 aromatic heterocycles. The van der Waals surface area contributed by atoms with Crippen molar-refractivity contribution in [1.82, 2.24) is 9.71 Å². The van der Waals surface area contributed by atoms with Crippen molar-refractivity contribution in [1.29, 1.82) is 0 Å². The molecule has 3 rings (SSSR count). The Morgan fingerprint density at radius 1 is 1.13 bits per heavy atom. The third kappa shape index (κ3) is 3.28. The zero-order chi connectivity index (χ0) is 16.4. The average Bonchev–Trinajstić information content (AvgIpc) is 2.84. The van der Waals surface area contributed by atoms with E-state index in [0.717, 1.165) is 22.2 Å². The lowest BCUT2D eigenvalue weighted by Crippen LogP contribution is -2.26. The maximum atomic E-state index is 13.4. The average molecular weight is 332 g/mol. The van der Waals surface area contributed by atoms with Gasteiger partial charge in [-0.15, -0.1) is 0 Å². The number of hydrogen-bond acceptors (Lipinski definition) is 2. The van der Waals surface area contributed by atoms with Crippen molar-refractivity contribution in [3.05, 3.63) is 65.6 Å². The largest absolute Gasteiger partial charge is 0.358 e. The Bertz CT molecular complexity index is 934. The van der Waals surface area contributed by atoms with E-state index in [2.05, 4.69) is 9.71 Å². The molecule has 23 heavy (non-hydrogen) atoms. The van der Waals surface area contributed by atoms with E-state index in [1.54, 1.807) is 36.4 Å². The minimum absolute atomic E-state index is 0.238. The summed E-state index contributed by atoms with van der Waals surface area (Å²) in [5.74, 6) is -0.303. The van der Waals surface area contributed by atoms with Gasteiger partial charge in [0.1, 0.15) is 5.82 Å². The molecule has 0 aliphatic rings. The summed E-state index contributed by atoms with van der Waals surface area (Å²) in [4.78, 5) is 3.43. The van der Waals surface area contributed by atoms with E-state index in [4.69, 9.17) is 0 Å². The minimum atomic E-state index is -3.52. The van der Waals surface area contributed by atoms with Crippen molar-refractivity contribution in [2.75, 3.05) is 6.54 Å². The van der Waals surface area contributed by atoms with Gasteiger partial charge in [0.15, 0.2) is 0 Å². The quantitative estimate of drug-likeness (QED) is 0.754. The van der Waals surface area contributed by atoms with Gasteiger partial charge >= 0.3 is 0 Å². The SMILES string of the molecule is Cc1[nH]c2ccc(F)cc2c1CCNS(=O)(=O)c1ccccc1. The van der Waals surface area contributed by atoms with E-state index in [-0.39, 0.29) is 17.3 Å². The second-order valence-corrected chi connectivity index (χ2v) is 7.15. The number of fused-ring (bicyclic) bond motifs is 1. The summed E-state index contributed by atoms with van der Waals surface area (Å²) in [5, 5.41) is 0.793. The summed E-state index contributed by atoms with van der Waals surface area (Å²) in [5.41, 5.74) is 2.70. The number of aromatic amines is 1. The van der Waals surface area contributed by atoms with Crippen LogP contribution in [0.1, 0.15) is 11.3 Å². The number of rotatable bonds is 5. The Kier molecular flexibility index (Phi) is 4.19. The van der Waals surface area contributed by atoms with Gasteiger partial charge in [-0.05, 0) is 49.2 Å². The van der Waals surface area contributed by atoms with E-state index >= 15 is 0 Å². The smallest absolute Gasteiger partial charge is 0.240 e. The second kappa shape index (κ2) is 6.14. The summed E-state index contributed by atoms with van der Waals surface area (Å²) in [6.45, 7) is 2.15. The number of benzene rings is 2. The van der Waals surface area contributed by atoms with Gasteiger partial charge in [-0.25, -0.2) is 17.5 Å². The summed E-state index contributed by atoms with van der Waals surface area (Å²) in [7, 11) is -3.52. The number of H-pyrrole nitrogens is 1. The fourth-order valence-electron chi connectivity index (χ4n) is 2.67. The molecule has 0 amide bonds. The van der Waals surface area contributed by atoms with E-state index in [0.29, 0.717) is 6.42 Å². The van der Waals surface area contributed by atoms with Crippen molar-refractivity contribution < 1.29 is 12.8 Å². The van der Waals surface area contributed by atoms with E-state index in [1.165, 1.54) is 12.1 Å². The highest BCUT2D eigenvalue weighted by Crippen LogP contribution is 2.23. The molecule has 0 aliphatic heterocycles. The lowest BCUT2D eigenvalue weighted by Gasteiger charge is -2.07. The molecule has 0 saturated heterocycles. The van der Waals surface area contributed by atoms with Gasteiger partial charge in [0, 0.05) is 23.1 Å². The number of sulfonamides is 1. The molecule has 0 atom stereocenters. The van der Waals surface area contributed by atoms with E-state index in [1.807, 2.05) is 6.92 Å². The zero-order valence-electron chi connectivity index (χ0n) is 12.6. The molecule has 3 aromatic rings. The Morgan fingerprint density at radius 3 is 2.61 bits per heavy atom. The van der Waals surface area contributed by atoms with Crippen LogP contribution < -0.4 is 4.72 Å². The molecule has 6 heteroatoms. The normalized spacial score (nSPS) is 11.9. The van der Waals surface area contributed by atoms with E-state index < -0.39 is 10.0 Å². The number of aryl methyl sites for hydroxylation is 1. The first-order chi connectivity index (χ1) is 11.0. The topological polar surface area (TPSA) is 62.0 Å². The lowest BCUT2D eigenvalue weighted by molar-refractivity contribution is 0.581. The third-order valence-electron chi connectivity index (χ3n) is 3.80. The van der Waals surface area contributed by atoms with Gasteiger partial charge < -0.3 is 4.98 Å². The van der Waals surface area contributed by atoms with Crippen LogP contribution in [0.2, 0.25) is 0 Å². The van der Waals surface area contributed by atoms with Crippen LogP contribution in [0.4, 0.5) is 4.39 Å². The van der Waals surface area contributed by atoms with Crippen molar-refractivity contribution >= 4 is 20.9 Å². The van der Waals surface area contributed by atoms with Crippen LogP contribution >= 0.6 is 0 Å². The Balaban J connectivity index is 1.77. The third-order valence-corrected chi connectivity index (χ3v) is 5.28. The highest BCUT2D eigenvalue weighted by Gasteiger charge is 2.14. The Hall–Kier alpha value is -2.18. The lowest BCUT2D eigenvalue weighted by atomic mass is 10.1. The summed E-state index contributed by atoms with van der Waals surface area (Å²) < 4.78 is 40.4. The molecule has 120 valence electrons. The molecule has 0 unspecified atom stereocenters. The molecule has 0 fully saturated rings. The minimum Gasteiger partial charge on any atom is -0.358 e. The number of aromatic nitrogens is 1. The van der Waals surface area contributed by atoms with Crippen LogP contribution in [0.5, 0.6) is 0 Å². The van der Waals surface area contributed by atoms with Crippen LogP contribution in [0.25, 0.3) is 10.9 Å². The molecule has 2 N–H and O–H groups in total. The van der Waals surface area contributed by atoms with Crippen LogP contribution in [-0.4, -0.2) is 19.9 Å². The molecule has 0 spiro atoms. The Labute approximate surface area is 134 Å². The monoisotopic (exact) mass is 332 g/mol. The molecular formula is C17H17FN2O2S. The number of halogens is 1. The first-order valence-corrected chi connectivity index (χ1v) is 8.77. The Morgan fingerprint density at radius 2 is 1.87 bits per heavy atom. The van der Waals surface area contributed by atoms with Gasteiger partial charge in [-0.2, -0.15) is 0 Å². The molecule has 0 radical (unpaired) electrons. The zero-order valence-corrected chi connectivity index (χ0v) is 13.5. The van der Waals surface area contributed by atoms with Gasteiger partial charge in [-0.1, -0.05) is 18.2 Å². The van der Waals surface area contributed by atoms with Crippen molar-refractivity contribution in [3.8, 4) is 0 Å². The summed E-state index contributed by atoms with van der Waals surface area (Å²) in [6, 6.07) is 12.8. The van der Waals surface area contributed by atoms with Crippen molar-refractivity contribution in [3.63, 3.8) is 0 Å². The highest BCUT2D eigenvalue weighted by atomic mass is 32.2. The fourth-order valence-corrected chi connectivity index (χ4v) is 3.72. The summed E-state index contributed by atoms with van der Waals surface area (Å²) >= 11 is 0. The first kappa shape index (κ1) is 15.7. The second-order valence-electron chi connectivity index (χ2n) is 5.38. The maximum absolute atomic E-state index is 13.4. The standard InChI is InChI=1S/C17H17FN2O2S/c1-12-15(16-11-13(18)7-8-17(16)20-12)9-10-19-23(21,22)14-5-3-2-4-6-14/h2-8,11,19-20H,9-10H2,1H3. The fraction of sp³-hybridized carbons (Fsp3) is 0.176. The van der Waals surface area contributed by atoms with Gasteiger partial charge in [0.25, 0.3) is 0 Å². The number of hydrogen-bond donors (Lipinski definition) is 2. The first-order valence-electron chi connectivity index (χ1n) is 7.29. The summed E-state index contributed by atoms with van der Waals surface area (Å²) in [6.07, 6.45) is 0.487. The predicted molar refractivity (Wildman–Crippen MR) is 88.3 cm³/mol. The van der Waals surface area contributed by atoms with Crippen LogP contribution in [-0.2, 0) is 16.4 Å². The van der Waals surface area contributed by atoms with Gasteiger partial charge in [-0.3, -0.25) is 0 Å². The highest BCUT2D eigenvalue weighted by molar-refractivity contribution is 7.89. The van der Waals surface area contributed by atoms with Crippen LogP contribution in [0, 0.1) is 12.7 Å². The molecule has 0 saturated carbocycles. The van der Waals surface area contributed by atoms with Crippen LogP contribution in [0.15, 0.2) is 53.4 Å². The molecule has 0 aliphatic carbocycles. The maximum Gasteiger partial charge on any atom is 0.240 e. The van der Waals surface area contributed by atoms with Crippen LogP contribution in [0.3, 0.4) is 0 Å². The number of nitrogens with one attached hydrogen (secondary N) is 2. The molecular weight excluding hydrogens is 315 g/mol. The van der Waals surface area contributed by atoms with Crippen molar-refractivity contribution in [2.45, 2.75) is 18.2 Å². The molecule has 1 heterocycles. The predicted octanol–water partition coefficient (Wildman–Crippen LogP) is 3.14. The van der Waals surface area contributed by atoms with Gasteiger partial charge in [0.2, 0.25) is 10.0 Å². The van der Waals surface area contributed by atoms with Crippen molar-refractivity contribution in [2.24, 2.45) is 0 Å². The van der Waals surface area contributed by atoms with E-state index in [9.17, 15) is 12.8 Å². The molecule has 0 bridgehead atoms.